The summed E-state index contributed by atoms with van der Waals surface area (Å²) in [4.78, 5) is 23.0. The molecule has 0 radical (unpaired) electrons. The molecule has 0 fully saturated rings. The number of benzene rings is 3. The lowest BCUT2D eigenvalue weighted by Gasteiger charge is -2.12. The molecule has 9 nitrogen and oxygen atoms in total. The van der Waals surface area contributed by atoms with Crippen LogP contribution in [0.5, 0.6) is 0 Å². The summed E-state index contributed by atoms with van der Waals surface area (Å²) in [6.45, 7) is 0.0856. The van der Waals surface area contributed by atoms with Gasteiger partial charge in [-0.15, -0.1) is 10.2 Å². The number of rotatable bonds is 8. The van der Waals surface area contributed by atoms with E-state index < -0.39 is 11.0 Å². The monoisotopic (exact) mass is 494 g/mol. The number of non-ortho nitro benzene ring substituents is 1. The molecule has 0 aliphatic rings. The first-order valence-corrected chi connectivity index (χ1v) is 11.5. The van der Waals surface area contributed by atoms with E-state index in [2.05, 4.69) is 20.8 Å². The molecule has 172 valence electrons. The number of halogens is 1. The maximum absolute atomic E-state index is 12.4. The smallest absolute Gasteiger partial charge is 0.319 e. The summed E-state index contributed by atoms with van der Waals surface area (Å²) < 4.78 is 1.77. The fourth-order valence-electron chi connectivity index (χ4n) is 3.11. The summed E-state index contributed by atoms with van der Waals surface area (Å²) in [7, 11) is 0. The van der Waals surface area contributed by atoms with E-state index >= 15 is 0 Å². The molecule has 2 N–H and O–H groups in total. The number of nitrogens with zero attached hydrogens (tertiary/aromatic N) is 4. The average Bonchev–Trinajstić information content (AvgIpc) is 3.25. The summed E-state index contributed by atoms with van der Waals surface area (Å²) in [5.74, 6) is 1.14. The van der Waals surface area contributed by atoms with Crippen molar-refractivity contribution >= 4 is 40.8 Å². The number of urea groups is 1. The third kappa shape index (κ3) is 5.91. The van der Waals surface area contributed by atoms with Gasteiger partial charge in [0, 0.05) is 34.3 Å². The Kier molecular flexibility index (Phi) is 7.41. The molecule has 2 amide bonds. The highest BCUT2D eigenvalue weighted by Crippen LogP contribution is 2.26. The number of hydrogen-bond donors (Lipinski definition) is 2. The summed E-state index contributed by atoms with van der Waals surface area (Å²) in [6.07, 6.45) is 0. The second kappa shape index (κ2) is 10.8. The lowest BCUT2D eigenvalue weighted by molar-refractivity contribution is -0.384. The van der Waals surface area contributed by atoms with Crippen molar-refractivity contribution in [3.63, 3.8) is 0 Å². The molecule has 34 heavy (non-hydrogen) atoms. The van der Waals surface area contributed by atoms with Crippen molar-refractivity contribution in [1.29, 1.82) is 0 Å². The Morgan fingerprint density at radius 2 is 1.79 bits per heavy atom. The molecule has 0 saturated heterocycles. The zero-order valence-corrected chi connectivity index (χ0v) is 19.3. The van der Waals surface area contributed by atoms with Gasteiger partial charge < -0.3 is 10.6 Å². The number of hydrogen-bond acceptors (Lipinski definition) is 6. The van der Waals surface area contributed by atoms with Gasteiger partial charge in [-0.1, -0.05) is 59.8 Å². The zero-order chi connectivity index (χ0) is 23.9. The van der Waals surface area contributed by atoms with Gasteiger partial charge in [0.1, 0.15) is 0 Å². The molecule has 3 aromatic carbocycles. The van der Waals surface area contributed by atoms with Crippen molar-refractivity contribution in [2.45, 2.75) is 17.5 Å². The second-order valence-corrected chi connectivity index (χ2v) is 8.48. The fourth-order valence-corrected chi connectivity index (χ4v) is 4.23. The van der Waals surface area contributed by atoms with Crippen molar-refractivity contribution in [3.8, 4) is 5.69 Å². The molecule has 0 atom stereocenters. The van der Waals surface area contributed by atoms with E-state index in [1.54, 1.807) is 41.0 Å². The third-order valence-electron chi connectivity index (χ3n) is 4.72. The van der Waals surface area contributed by atoms with Crippen molar-refractivity contribution in [1.82, 2.24) is 20.1 Å². The lowest BCUT2D eigenvalue weighted by atomic mass is 10.2. The Balaban J connectivity index is 1.54. The number of nitro groups is 1. The predicted molar refractivity (Wildman–Crippen MR) is 131 cm³/mol. The topological polar surface area (TPSA) is 115 Å². The average molecular weight is 495 g/mol. The van der Waals surface area contributed by atoms with Crippen LogP contribution in [0.2, 0.25) is 5.02 Å². The number of nitrogens with one attached hydrogen (secondary N) is 2. The molecular weight excluding hydrogens is 476 g/mol. The minimum atomic E-state index is -0.455. The van der Waals surface area contributed by atoms with E-state index in [-0.39, 0.29) is 12.2 Å². The van der Waals surface area contributed by atoms with Gasteiger partial charge in [0.25, 0.3) is 5.69 Å². The van der Waals surface area contributed by atoms with Crippen LogP contribution in [0.1, 0.15) is 11.4 Å². The molecule has 0 unspecified atom stereocenters. The van der Waals surface area contributed by atoms with Gasteiger partial charge in [0.05, 0.1) is 11.5 Å². The molecule has 0 aliphatic heterocycles. The van der Waals surface area contributed by atoms with Gasteiger partial charge in [0.2, 0.25) is 0 Å². The van der Waals surface area contributed by atoms with Crippen LogP contribution in [0.4, 0.5) is 16.2 Å². The van der Waals surface area contributed by atoms with Crippen LogP contribution in [0.3, 0.4) is 0 Å². The molecule has 0 spiro atoms. The van der Waals surface area contributed by atoms with Gasteiger partial charge in [-0.3, -0.25) is 14.7 Å². The van der Waals surface area contributed by atoms with Crippen LogP contribution in [0.25, 0.3) is 5.69 Å². The van der Waals surface area contributed by atoms with E-state index in [1.165, 1.54) is 23.9 Å². The molecule has 0 bridgehead atoms. The van der Waals surface area contributed by atoms with Crippen molar-refractivity contribution < 1.29 is 9.72 Å². The van der Waals surface area contributed by atoms with Crippen LogP contribution >= 0.6 is 23.4 Å². The standard InChI is InChI=1S/C23H19ClN6O3S/c24-17-7-4-8-18(13-17)26-22(31)25-14-21-27-28-23(34-15-16-5-2-1-3-6-16)29(21)19-9-11-20(12-10-19)30(32)33/h1-13H,14-15H2,(H2,25,26,31). The van der Waals surface area contributed by atoms with Gasteiger partial charge in [-0.2, -0.15) is 0 Å². The van der Waals surface area contributed by atoms with E-state index in [1.807, 2.05) is 30.3 Å². The minimum absolute atomic E-state index is 0.0177. The highest BCUT2D eigenvalue weighted by Gasteiger charge is 2.17. The normalized spacial score (nSPS) is 10.6. The number of carbonyl (C=O) groups excluding carboxylic acids is 1. The van der Waals surface area contributed by atoms with E-state index in [4.69, 9.17) is 11.6 Å². The molecule has 0 aliphatic carbocycles. The highest BCUT2D eigenvalue weighted by atomic mass is 35.5. The van der Waals surface area contributed by atoms with Gasteiger partial charge in [0.15, 0.2) is 11.0 Å². The summed E-state index contributed by atoms with van der Waals surface area (Å²) in [5.41, 5.74) is 2.31. The van der Waals surface area contributed by atoms with E-state index in [9.17, 15) is 14.9 Å². The Bertz CT molecular complexity index is 1300. The van der Waals surface area contributed by atoms with Crippen LogP contribution in [-0.4, -0.2) is 25.7 Å². The zero-order valence-electron chi connectivity index (χ0n) is 17.7. The molecule has 4 aromatic rings. The largest absolute Gasteiger partial charge is 0.331 e. The summed E-state index contributed by atoms with van der Waals surface area (Å²) in [6, 6.07) is 22.4. The second-order valence-electron chi connectivity index (χ2n) is 7.10. The third-order valence-corrected chi connectivity index (χ3v) is 5.95. The Labute approximate surface area is 204 Å². The molecular formula is C23H19ClN6O3S. The number of carbonyl (C=O) groups is 1. The first kappa shape index (κ1) is 23.3. The van der Waals surface area contributed by atoms with Crippen LogP contribution in [0, 0.1) is 10.1 Å². The number of amides is 2. The first-order chi connectivity index (χ1) is 16.5. The number of anilines is 1. The quantitative estimate of drug-likeness (QED) is 0.191. The van der Waals surface area contributed by atoms with Crippen molar-refractivity contribution in [2.75, 3.05) is 5.32 Å². The Morgan fingerprint density at radius 3 is 2.50 bits per heavy atom. The number of thioether (sulfide) groups is 1. The Hall–Kier alpha value is -3.89. The van der Waals surface area contributed by atoms with Crippen molar-refractivity contribution in [2.24, 2.45) is 0 Å². The van der Waals surface area contributed by atoms with Gasteiger partial charge in [-0.05, 0) is 35.9 Å². The van der Waals surface area contributed by atoms with E-state index in [0.29, 0.717) is 33.1 Å². The number of aromatic nitrogens is 3. The van der Waals surface area contributed by atoms with Gasteiger partial charge >= 0.3 is 6.03 Å². The SMILES string of the molecule is O=C(NCc1nnc(SCc2ccccc2)n1-c1ccc([N+](=O)[O-])cc1)Nc1cccc(Cl)c1. The fraction of sp³-hybridized carbons (Fsp3) is 0.0870. The molecule has 0 saturated carbocycles. The Morgan fingerprint density at radius 1 is 1.03 bits per heavy atom. The summed E-state index contributed by atoms with van der Waals surface area (Å²) >= 11 is 7.44. The highest BCUT2D eigenvalue weighted by molar-refractivity contribution is 7.98. The van der Waals surface area contributed by atoms with Crippen LogP contribution in [0.15, 0.2) is 84.0 Å². The molecule has 1 heterocycles. The van der Waals surface area contributed by atoms with Crippen molar-refractivity contribution in [3.05, 3.63) is 105 Å². The van der Waals surface area contributed by atoms with Crippen LogP contribution < -0.4 is 10.6 Å². The van der Waals surface area contributed by atoms with Gasteiger partial charge in [-0.25, -0.2) is 4.79 Å². The predicted octanol–water partition coefficient (Wildman–Crippen LogP) is 5.44. The minimum Gasteiger partial charge on any atom is -0.331 e. The van der Waals surface area contributed by atoms with E-state index in [0.717, 1.165) is 5.56 Å². The molecule has 1 aromatic heterocycles. The van der Waals surface area contributed by atoms with Crippen LogP contribution in [-0.2, 0) is 12.3 Å². The maximum Gasteiger partial charge on any atom is 0.319 e. The summed E-state index contributed by atoms with van der Waals surface area (Å²) in [5, 5.41) is 26.2. The number of nitro benzene ring substituents is 1. The maximum atomic E-state index is 12.4. The first-order valence-electron chi connectivity index (χ1n) is 10.2. The molecule has 4 rings (SSSR count). The lowest BCUT2D eigenvalue weighted by Crippen LogP contribution is -2.29. The molecule has 11 heteroatoms.